The number of nitrogens with one attached hydrogen (secondary N) is 2. The number of aromatic nitrogens is 1. The summed E-state index contributed by atoms with van der Waals surface area (Å²) in [5.41, 5.74) is 1.33. The zero-order valence-corrected chi connectivity index (χ0v) is 19.4. The maximum Gasteiger partial charge on any atom is 0.266 e. The highest BCUT2D eigenvalue weighted by molar-refractivity contribution is 7.93. The molecule has 0 unspecified atom stereocenters. The van der Waals surface area contributed by atoms with Gasteiger partial charge in [-0.3, -0.25) is 9.62 Å². The number of rotatable bonds is 8. The van der Waals surface area contributed by atoms with E-state index in [1.54, 1.807) is 5.38 Å². The second-order valence-corrected chi connectivity index (χ2v) is 10.2. The van der Waals surface area contributed by atoms with Gasteiger partial charge in [-0.25, -0.2) is 17.8 Å². The first-order valence-corrected chi connectivity index (χ1v) is 12.7. The van der Waals surface area contributed by atoms with Crippen molar-refractivity contribution in [2.75, 3.05) is 42.9 Å². The minimum Gasteiger partial charge on any atom is -0.379 e. The summed E-state index contributed by atoms with van der Waals surface area (Å²) in [6, 6.07) is 11.8. The Labute approximate surface area is 195 Å². The van der Waals surface area contributed by atoms with E-state index in [0.29, 0.717) is 25.4 Å². The van der Waals surface area contributed by atoms with Crippen LogP contribution in [0.3, 0.4) is 0 Å². The van der Waals surface area contributed by atoms with Crippen molar-refractivity contribution in [3.05, 3.63) is 70.4 Å². The van der Waals surface area contributed by atoms with Gasteiger partial charge in [-0.15, -0.1) is 11.3 Å². The van der Waals surface area contributed by atoms with Crippen LogP contribution in [0.2, 0.25) is 5.02 Å². The van der Waals surface area contributed by atoms with Crippen LogP contribution in [0.1, 0.15) is 11.6 Å². The monoisotopic (exact) mass is 496 g/mol. The fourth-order valence-corrected chi connectivity index (χ4v) is 5.60. The van der Waals surface area contributed by atoms with Crippen molar-refractivity contribution in [1.82, 2.24) is 9.88 Å². The highest BCUT2D eigenvalue weighted by atomic mass is 35.5. The van der Waals surface area contributed by atoms with Gasteiger partial charge in [0.25, 0.3) is 10.0 Å². The molecule has 1 saturated heterocycles. The molecule has 1 aromatic heterocycles. The van der Waals surface area contributed by atoms with E-state index >= 15 is 0 Å². The molecule has 0 aliphatic carbocycles. The Morgan fingerprint density at radius 3 is 2.66 bits per heavy atom. The second-order valence-electron chi connectivity index (χ2n) is 7.23. The van der Waals surface area contributed by atoms with Crippen LogP contribution >= 0.6 is 22.9 Å². The summed E-state index contributed by atoms with van der Waals surface area (Å²) < 4.78 is 47.8. The zero-order valence-electron chi connectivity index (χ0n) is 17.0. The lowest BCUT2D eigenvalue weighted by Gasteiger charge is -2.31. The van der Waals surface area contributed by atoms with Crippen LogP contribution in [0.4, 0.5) is 15.2 Å². The number of anilines is 2. The predicted octanol–water partition coefficient (Wildman–Crippen LogP) is 4.22. The first-order valence-electron chi connectivity index (χ1n) is 9.95. The Bertz CT molecular complexity index is 1140. The molecular formula is C21H22ClFN4O3S2. The van der Waals surface area contributed by atoms with Gasteiger partial charge in [0.05, 0.1) is 30.0 Å². The molecule has 32 heavy (non-hydrogen) atoms. The molecule has 1 aliphatic heterocycles. The SMILES string of the molecule is O=S(=O)(Nc1nccs1)c1cc(Cl)c(N[C@H](CN2CCOCC2)c2ccccc2)cc1F. The number of benzene rings is 2. The third-order valence-electron chi connectivity index (χ3n) is 5.04. The molecule has 2 N–H and O–H groups in total. The Morgan fingerprint density at radius 2 is 1.97 bits per heavy atom. The molecule has 1 atom stereocenters. The number of halogens is 2. The van der Waals surface area contributed by atoms with Gasteiger partial charge in [-0.1, -0.05) is 41.9 Å². The van der Waals surface area contributed by atoms with Crippen LogP contribution in [0.5, 0.6) is 0 Å². The first-order chi connectivity index (χ1) is 15.4. The van der Waals surface area contributed by atoms with Crippen LogP contribution < -0.4 is 10.0 Å². The molecule has 0 saturated carbocycles. The van der Waals surface area contributed by atoms with E-state index < -0.39 is 20.7 Å². The van der Waals surface area contributed by atoms with E-state index in [-0.39, 0.29) is 16.2 Å². The molecule has 0 spiro atoms. The molecule has 0 bridgehead atoms. The largest absolute Gasteiger partial charge is 0.379 e. The summed E-state index contributed by atoms with van der Waals surface area (Å²) in [6.07, 6.45) is 1.46. The Balaban J connectivity index is 1.59. The van der Waals surface area contributed by atoms with Crippen molar-refractivity contribution in [3.8, 4) is 0 Å². The maximum atomic E-state index is 14.9. The van der Waals surface area contributed by atoms with Crippen LogP contribution in [0.25, 0.3) is 0 Å². The molecule has 0 amide bonds. The van der Waals surface area contributed by atoms with E-state index in [1.165, 1.54) is 6.20 Å². The molecule has 0 radical (unpaired) electrons. The molecule has 170 valence electrons. The third-order valence-corrected chi connectivity index (χ3v) is 7.53. The van der Waals surface area contributed by atoms with E-state index in [9.17, 15) is 12.8 Å². The topological polar surface area (TPSA) is 83.6 Å². The highest BCUT2D eigenvalue weighted by Crippen LogP contribution is 2.32. The second kappa shape index (κ2) is 10.1. The quantitative estimate of drug-likeness (QED) is 0.486. The van der Waals surface area contributed by atoms with Gasteiger partial charge in [-0.2, -0.15) is 0 Å². The van der Waals surface area contributed by atoms with Gasteiger partial charge >= 0.3 is 0 Å². The van der Waals surface area contributed by atoms with Crippen molar-refractivity contribution in [2.24, 2.45) is 0 Å². The summed E-state index contributed by atoms with van der Waals surface area (Å²) in [7, 11) is -4.17. The van der Waals surface area contributed by atoms with Crippen molar-refractivity contribution in [1.29, 1.82) is 0 Å². The Hall–Kier alpha value is -2.24. The standard InChI is InChI=1S/C21H22ClFN4O3S2/c22-16-12-20(32(28,29)26-21-24-6-11-31-21)17(23)13-18(16)25-19(15-4-2-1-3-5-15)14-27-7-9-30-10-8-27/h1-6,11-13,19,25H,7-10,14H2,(H,24,26)/t19-/m1/s1. The Kier molecular flexibility index (Phi) is 7.27. The number of morpholine rings is 1. The summed E-state index contributed by atoms with van der Waals surface area (Å²) in [5, 5.41) is 5.17. The maximum absolute atomic E-state index is 14.9. The van der Waals surface area contributed by atoms with E-state index in [1.807, 2.05) is 30.3 Å². The molecular weight excluding hydrogens is 475 g/mol. The molecule has 2 aromatic carbocycles. The van der Waals surface area contributed by atoms with Crippen molar-refractivity contribution in [2.45, 2.75) is 10.9 Å². The van der Waals surface area contributed by atoms with Crippen molar-refractivity contribution >= 4 is 43.8 Å². The van der Waals surface area contributed by atoms with Crippen LogP contribution in [0, 0.1) is 5.82 Å². The number of nitrogens with zero attached hydrogens (tertiary/aromatic N) is 2. The zero-order chi connectivity index (χ0) is 22.6. The number of hydrogen-bond donors (Lipinski definition) is 2. The number of ether oxygens (including phenoxy) is 1. The molecule has 1 aliphatic rings. The van der Waals surface area contributed by atoms with E-state index in [2.05, 4.69) is 19.9 Å². The average molecular weight is 497 g/mol. The minimum atomic E-state index is -4.17. The summed E-state index contributed by atoms with van der Waals surface area (Å²) in [4.78, 5) is 5.60. The average Bonchev–Trinajstić information content (AvgIpc) is 3.29. The summed E-state index contributed by atoms with van der Waals surface area (Å²) in [5.74, 6) is -0.904. The van der Waals surface area contributed by atoms with Crippen LogP contribution in [-0.2, 0) is 14.8 Å². The lowest BCUT2D eigenvalue weighted by molar-refractivity contribution is 0.0361. The van der Waals surface area contributed by atoms with E-state index in [4.69, 9.17) is 16.3 Å². The van der Waals surface area contributed by atoms with Crippen LogP contribution in [0.15, 0.2) is 58.9 Å². The van der Waals surface area contributed by atoms with Gasteiger partial charge in [0.15, 0.2) is 5.13 Å². The van der Waals surface area contributed by atoms with Crippen molar-refractivity contribution < 1.29 is 17.5 Å². The fraction of sp³-hybridized carbons (Fsp3) is 0.286. The van der Waals surface area contributed by atoms with Crippen molar-refractivity contribution in [3.63, 3.8) is 0 Å². The number of thiazole rings is 1. The minimum absolute atomic E-state index is 0.105. The molecule has 3 aromatic rings. The van der Waals surface area contributed by atoms with Gasteiger partial charge in [-0.05, 0) is 17.7 Å². The third kappa shape index (κ3) is 5.57. The fourth-order valence-electron chi connectivity index (χ4n) is 3.44. The van der Waals surface area contributed by atoms with E-state index in [0.717, 1.165) is 42.1 Å². The normalized spacial score (nSPS) is 15.9. The lowest BCUT2D eigenvalue weighted by Crippen LogP contribution is -2.40. The van der Waals surface area contributed by atoms with Gasteiger partial charge in [0.2, 0.25) is 0 Å². The molecule has 1 fully saturated rings. The smallest absolute Gasteiger partial charge is 0.266 e. The molecule has 7 nitrogen and oxygen atoms in total. The first kappa shape index (κ1) is 22.9. The van der Waals surface area contributed by atoms with Gasteiger partial charge in [0, 0.05) is 31.2 Å². The lowest BCUT2D eigenvalue weighted by atomic mass is 10.1. The molecule has 2 heterocycles. The summed E-state index contributed by atoms with van der Waals surface area (Å²) >= 11 is 7.49. The highest BCUT2D eigenvalue weighted by Gasteiger charge is 2.24. The number of sulfonamides is 1. The molecule has 4 rings (SSSR count). The number of hydrogen-bond acceptors (Lipinski definition) is 7. The predicted molar refractivity (Wildman–Crippen MR) is 124 cm³/mol. The Morgan fingerprint density at radius 1 is 1.22 bits per heavy atom. The summed E-state index contributed by atoms with van der Waals surface area (Å²) in [6.45, 7) is 3.58. The van der Waals surface area contributed by atoms with Gasteiger partial charge in [0.1, 0.15) is 10.7 Å². The molecule has 11 heteroatoms. The van der Waals surface area contributed by atoms with Gasteiger partial charge < -0.3 is 10.1 Å². The van der Waals surface area contributed by atoms with Crippen LogP contribution in [-0.4, -0.2) is 51.1 Å².